The molecule has 0 saturated carbocycles. The highest BCUT2D eigenvalue weighted by molar-refractivity contribution is 5.97. The third kappa shape index (κ3) is 4.70. The van der Waals surface area contributed by atoms with Crippen LogP contribution in [0.3, 0.4) is 0 Å². The number of anilines is 1. The van der Waals surface area contributed by atoms with Crippen molar-refractivity contribution in [2.24, 2.45) is 5.92 Å². The van der Waals surface area contributed by atoms with Crippen LogP contribution in [0.2, 0.25) is 0 Å². The van der Waals surface area contributed by atoms with Crippen molar-refractivity contribution in [2.75, 3.05) is 19.0 Å². The van der Waals surface area contributed by atoms with Crippen molar-refractivity contribution in [1.29, 1.82) is 0 Å². The van der Waals surface area contributed by atoms with Gasteiger partial charge in [-0.25, -0.2) is 4.98 Å². The van der Waals surface area contributed by atoms with Gasteiger partial charge in [0.05, 0.1) is 18.5 Å². The maximum absolute atomic E-state index is 12.4. The molecule has 0 unspecified atom stereocenters. The molecular weight excluding hydrogens is 268 g/mol. The number of aryl methyl sites for hydroxylation is 1. The van der Waals surface area contributed by atoms with E-state index in [9.17, 15) is 4.79 Å². The van der Waals surface area contributed by atoms with Crippen molar-refractivity contribution < 1.29 is 14.3 Å². The fourth-order valence-corrected chi connectivity index (χ4v) is 2.23. The van der Waals surface area contributed by atoms with Crippen LogP contribution in [-0.2, 0) is 9.53 Å². The van der Waals surface area contributed by atoms with Crippen LogP contribution in [0.4, 0.5) is 5.69 Å². The van der Waals surface area contributed by atoms with Gasteiger partial charge in [0.1, 0.15) is 5.60 Å². The maximum Gasteiger partial charge on any atom is 0.256 e. The number of carbonyl (C=O) groups excluding carboxylic acids is 1. The van der Waals surface area contributed by atoms with E-state index in [1.165, 1.54) is 0 Å². The largest absolute Gasteiger partial charge is 0.478 e. The van der Waals surface area contributed by atoms with Crippen molar-refractivity contribution >= 4 is 11.6 Å². The second-order valence-electron chi connectivity index (χ2n) is 5.77. The average molecular weight is 294 g/mol. The van der Waals surface area contributed by atoms with Crippen LogP contribution in [0.1, 0.15) is 39.7 Å². The van der Waals surface area contributed by atoms with Crippen LogP contribution in [-0.4, -0.2) is 30.2 Å². The highest BCUT2D eigenvalue weighted by Crippen LogP contribution is 2.24. The highest BCUT2D eigenvalue weighted by Gasteiger charge is 2.34. The van der Waals surface area contributed by atoms with E-state index in [1.807, 2.05) is 19.9 Å². The number of nitrogens with zero attached hydrogens (tertiary/aromatic N) is 1. The molecule has 1 atom stereocenters. The SMILES string of the molecule is CCOc1ncc(NC(=O)[C@](C)(CC(C)C)OC)cc1C. The Morgan fingerprint density at radius 1 is 1.48 bits per heavy atom. The fraction of sp³-hybridized carbons (Fsp3) is 0.625. The van der Waals surface area contributed by atoms with Crippen molar-refractivity contribution in [3.63, 3.8) is 0 Å². The van der Waals surface area contributed by atoms with E-state index in [0.29, 0.717) is 30.5 Å². The lowest BCUT2D eigenvalue weighted by molar-refractivity contribution is -0.137. The maximum atomic E-state index is 12.4. The van der Waals surface area contributed by atoms with Crippen molar-refractivity contribution in [2.45, 2.75) is 46.6 Å². The van der Waals surface area contributed by atoms with Gasteiger partial charge in [-0.05, 0) is 39.2 Å². The minimum atomic E-state index is -0.847. The van der Waals surface area contributed by atoms with E-state index in [0.717, 1.165) is 5.56 Å². The number of aromatic nitrogens is 1. The number of nitrogens with one attached hydrogen (secondary N) is 1. The molecule has 5 nitrogen and oxygen atoms in total. The number of hydrogen-bond acceptors (Lipinski definition) is 4. The van der Waals surface area contributed by atoms with Crippen LogP contribution in [0.25, 0.3) is 0 Å². The van der Waals surface area contributed by atoms with Crippen LogP contribution >= 0.6 is 0 Å². The van der Waals surface area contributed by atoms with Gasteiger partial charge in [-0.2, -0.15) is 0 Å². The Hall–Kier alpha value is -1.62. The van der Waals surface area contributed by atoms with Crippen molar-refractivity contribution in [3.05, 3.63) is 17.8 Å². The first kappa shape index (κ1) is 17.4. The fourth-order valence-electron chi connectivity index (χ4n) is 2.23. The number of carbonyl (C=O) groups is 1. The highest BCUT2D eigenvalue weighted by atomic mass is 16.5. The Morgan fingerprint density at radius 2 is 2.14 bits per heavy atom. The Balaban J connectivity index is 2.84. The van der Waals surface area contributed by atoms with Gasteiger partial charge in [0.2, 0.25) is 5.88 Å². The van der Waals surface area contributed by atoms with Gasteiger partial charge in [0.15, 0.2) is 0 Å². The second-order valence-corrected chi connectivity index (χ2v) is 5.77. The monoisotopic (exact) mass is 294 g/mol. The van der Waals surface area contributed by atoms with Gasteiger partial charge in [-0.15, -0.1) is 0 Å². The zero-order chi connectivity index (χ0) is 16.0. The Labute approximate surface area is 127 Å². The van der Waals surface area contributed by atoms with Crippen molar-refractivity contribution in [3.8, 4) is 5.88 Å². The first-order valence-electron chi connectivity index (χ1n) is 7.28. The number of rotatable bonds is 7. The van der Waals surface area contributed by atoms with Crippen LogP contribution < -0.4 is 10.1 Å². The second kappa shape index (κ2) is 7.41. The third-order valence-corrected chi connectivity index (χ3v) is 3.30. The molecule has 1 N–H and O–H groups in total. The summed E-state index contributed by atoms with van der Waals surface area (Å²) < 4.78 is 10.8. The Morgan fingerprint density at radius 3 is 2.62 bits per heavy atom. The Bertz CT molecular complexity index is 488. The summed E-state index contributed by atoms with van der Waals surface area (Å²) in [4.78, 5) is 16.6. The normalized spacial score (nSPS) is 13.9. The van der Waals surface area contributed by atoms with Gasteiger partial charge in [0.25, 0.3) is 5.91 Å². The minimum Gasteiger partial charge on any atom is -0.478 e. The van der Waals surface area contributed by atoms with Gasteiger partial charge in [-0.3, -0.25) is 4.79 Å². The first-order valence-corrected chi connectivity index (χ1v) is 7.28. The van der Waals surface area contributed by atoms with E-state index < -0.39 is 5.60 Å². The first-order chi connectivity index (χ1) is 9.82. The molecule has 0 radical (unpaired) electrons. The number of hydrogen-bond donors (Lipinski definition) is 1. The zero-order valence-corrected chi connectivity index (χ0v) is 13.8. The van der Waals surface area contributed by atoms with E-state index >= 15 is 0 Å². The quantitative estimate of drug-likeness (QED) is 0.839. The van der Waals surface area contributed by atoms with Crippen LogP contribution in [0.15, 0.2) is 12.3 Å². The zero-order valence-electron chi connectivity index (χ0n) is 13.8. The molecule has 0 aliphatic rings. The molecule has 1 aromatic rings. The molecule has 0 spiro atoms. The molecule has 0 aromatic carbocycles. The number of pyridine rings is 1. The number of methoxy groups -OCH3 is 1. The molecule has 0 fully saturated rings. The van der Waals surface area contributed by atoms with E-state index in [-0.39, 0.29) is 5.91 Å². The molecule has 21 heavy (non-hydrogen) atoms. The summed E-state index contributed by atoms with van der Waals surface area (Å²) in [6.07, 6.45) is 2.25. The summed E-state index contributed by atoms with van der Waals surface area (Å²) in [5, 5.41) is 2.87. The lowest BCUT2D eigenvalue weighted by Gasteiger charge is -2.28. The van der Waals surface area contributed by atoms with Crippen LogP contribution in [0, 0.1) is 12.8 Å². The molecule has 0 aliphatic carbocycles. The molecular formula is C16H26N2O3. The summed E-state index contributed by atoms with van der Waals surface area (Å²) in [5.41, 5.74) is 0.686. The Kier molecular flexibility index (Phi) is 6.15. The summed E-state index contributed by atoms with van der Waals surface area (Å²) in [6.45, 7) is 10.3. The molecule has 1 aromatic heterocycles. The lowest BCUT2D eigenvalue weighted by Crippen LogP contribution is -2.43. The predicted molar refractivity (Wildman–Crippen MR) is 83.6 cm³/mol. The summed E-state index contributed by atoms with van der Waals surface area (Å²) in [5.74, 6) is 0.789. The molecule has 1 heterocycles. The standard InChI is InChI=1S/C16H26N2O3/c1-7-21-14-12(4)8-13(10-17-14)18-15(19)16(5,20-6)9-11(2)3/h8,10-11H,7,9H2,1-6H3,(H,18,19)/t16-/m0/s1. The van der Waals surface area contributed by atoms with Gasteiger partial charge >= 0.3 is 0 Å². The molecule has 5 heteroatoms. The van der Waals surface area contributed by atoms with Crippen LogP contribution in [0.5, 0.6) is 5.88 Å². The number of ether oxygens (including phenoxy) is 2. The van der Waals surface area contributed by atoms with Crippen molar-refractivity contribution in [1.82, 2.24) is 4.98 Å². The van der Waals surface area contributed by atoms with E-state index in [4.69, 9.17) is 9.47 Å². The summed E-state index contributed by atoms with van der Waals surface area (Å²) in [6, 6.07) is 1.85. The molecule has 118 valence electrons. The molecule has 1 amide bonds. The average Bonchev–Trinajstić information content (AvgIpc) is 2.41. The molecule has 0 aliphatic heterocycles. The van der Waals surface area contributed by atoms with Gasteiger partial charge in [0, 0.05) is 12.7 Å². The minimum absolute atomic E-state index is 0.163. The molecule has 0 bridgehead atoms. The smallest absolute Gasteiger partial charge is 0.256 e. The van der Waals surface area contributed by atoms with Gasteiger partial charge < -0.3 is 14.8 Å². The van der Waals surface area contributed by atoms with E-state index in [1.54, 1.807) is 20.2 Å². The predicted octanol–water partition coefficient (Wildman–Crippen LogP) is 3.18. The van der Waals surface area contributed by atoms with Gasteiger partial charge in [-0.1, -0.05) is 13.8 Å². The molecule has 0 saturated heterocycles. The number of amides is 1. The third-order valence-electron chi connectivity index (χ3n) is 3.30. The summed E-state index contributed by atoms with van der Waals surface area (Å²) in [7, 11) is 1.56. The lowest BCUT2D eigenvalue weighted by atomic mass is 9.93. The summed E-state index contributed by atoms with van der Waals surface area (Å²) >= 11 is 0. The molecule has 1 rings (SSSR count). The topological polar surface area (TPSA) is 60.5 Å². The van der Waals surface area contributed by atoms with E-state index in [2.05, 4.69) is 24.1 Å².